The van der Waals surface area contributed by atoms with Crippen molar-refractivity contribution in [3.8, 4) is 23.0 Å². The van der Waals surface area contributed by atoms with E-state index in [0.29, 0.717) is 107 Å². The first kappa shape index (κ1) is 78.9. The molecule has 4 aromatic carbocycles. The summed E-state index contributed by atoms with van der Waals surface area (Å²) in [5.74, 6) is 4.12. The predicted molar refractivity (Wildman–Crippen MR) is 413 cm³/mol. The minimum absolute atomic E-state index is 0.227. The quantitative estimate of drug-likeness (QED) is 0.0363. The number of anilines is 4. The number of halogens is 2. The van der Waals surface area contributed by atoms with Crippen LogP contribution < -0.4 is 38.5 Å². The van der Waals surface area contributed by atoms with Crippen LogP contribution in [0, 0.1) is 71.6 Å². The number of nitrogens with zero attached hydrogens (tertiary/aromatic N) is 5. The van der Waals surface area contributed by atoms with Crippen LogP contribution in [0.15, 0.2) is 66.7 Å². The van der Waals surface area contributed by atoms with Crippen molar-refractivity contribution in [1.82, 2.24) is 0 Å². The Balaban J connectivity index is 0.000000140. The van der Waals surface area contributed by atoms with Gasteiger partial charge in [0.25, 0.3) is 12.9 Å². The molecule has 4 aromatic rings. The number of hydrogen-bond donors (Lipinski definition) is 2. The lowest BCUT2D eigenvalue weighted by molar-refractivity contribution is -0.138. The van der Waals surface area contributed by atoms with Crippen LogP contribution >= 0.6 is 11.6 Å². The fourth-order valence-corrected chi connectivity index (χ4v) is 19.8. The average molecular weight is 1470 g/mol. The molecule has 0 aromatic heterocycles. The highest BCUT2D eigenvalue weighted by Crippen LogP contribution is 2.55. The summed E-state index contributed by atoms with van der Waals surface area (Å²) < 4.78 is 47.6. The molecule has 4 aliphatic heterocycles. The van der Waals surface area contributed by atoms with E-state index >= 15 is 0 Å². The molecule has 4 saturated heterocycles. The van der Waals surface area contributed by atoms with E-state index in [1.165, 1.54) is 170 Å². The zero-order valence-electron chi connectivity index (χ0n) is 63.3. The molecule has 10 aliphatic rings. The number of aryl methyl sites for hydroxylation is 2. The molecule has 4 atom stereocenters. The molecule has 105 heavy (non-hydrogen) atoms. The van der Waals surface area contributed by atoms with Crippen LogP contribution in [0.25, 0.3) is 4.85 Å². The summed E-state index contributed by atoms with van der Waals surface area (Å²) in [6.45, 7) is 21.9. The van der Waals surface area contributed by atoms with Crippen molar-refractivity contribution in [3.05, 3.63) is 100 Å². The molecule has 0 bridgehead atoms. The number of aliphatic carboxylic acids is 2. The molecular formula is C86H119ClFN5O12. The van der Waals surface area contributed by atoms with Gasteiger partial charge in [0.2, 0.25) is 5.69 Å². The van der Waals surface area contributed by atoms with Crippen molar-refractivity contribution in [2.75, 3.05) is 99.4 Å². The zero-order valence-corrected chi connectivity index (χ0v) is 64.1. The standard InChI is InChI=1S/C23H32FNO4.C23H33NO3.C20H28ClNO2.C20H26N2O3/c1-27-21-13-19(24)20(14-22(21)29-18-3-2-4-18)25-10-8-23(9-11-25)7-5-17(15-23)6-12-28-16-26;1-17-5-7-21(27-19-3-2-4-19)20(15-17)24-13-11-23(12-14-24)10-9-18(16-23)6-8-22(25)26;1-15-5-6-17(21)18(13-15)22-11-9-20(10-12-22)8-7-16(14-20)3-2-4-19(23)24;1-21-18-4-3-17(24-2)13-19(18)22-10-8-20(9-11-22)7-5-16(14-20)6-12-25-15-23/h13-14,16-18H,2-12,15H2,1H3;5,7,15,18-19H,2-4,6,8-14,16H2,1H3,(H,25,26);5-6,13,16H,2-4,7-12,14H2,1H3,(H,23,24);3-4,13,15-16H,5-12,14H2,2H3. The van der Waals surface area contributed by atoms with Crippen LogP contribution in [0.3, 0.4) is 0 Å². The van der Waals surface area contributed by atoms with Crippen molar-refractivity contribution in [1.29, 1.82) is 0 Å². The second-order valence-corrected chi connectivity index (χ2v) is 33.7. The van der Waals surface area contributed by atoms with Gasteiger partial charge in [-0.1, -0.05) is 29.8 Å². The molecule has 19 heteroatoms. The maximum atomic E-state index is 14.8. The largest absolute Gasteiger partial charge is 0.497 e. The van der Waals surface area contributed by atoms with Gasteiger partial charge < -0.3 is 58.2 Å². The number of carboxylic acids is 2. The fourth-order valence-electron chi connectivity index (χ4n) is 19.6. The molecule has 14 rings (SSSR count). The monoisotopic (exact) mass is 1470 g/mol. The highest BCUT2D eigenvalue weighted by molar-refractivity contribution is 6.33. The van der Waals surface area contributed by atoms with Gasteiger partial charge in [-0.25, -0.2) is 9.24 Å². The van der Waals surface area contributed by atoms with E-state index in [9.17, 15) is 23.6 Å². The van der Waals surface area contributed by atoms with Crippen LogP contribution in [0.5, 0.6) is 23.0 Å². The Morgan fingerprint density at radius 2 is 0.943 bits per heavy atom. The lowest BCUT2D eigenvalue weighted by atomic mass is 9.76. The summed E-state index contributed by atoms with van der Waals surface area (Å²) >= 11 is 6.40. The number of piperidine rings is 4. The number of carbonyl (C=O) groups is 4. The first-order valence-electron chi connectivity index (χ1n) is 40.0. The summed E-state index contributed by atoms with van der Waals surface area (Å²) in [6.07, 6.45) is 37.5. The third-order valence-corrected chi connectivity index (χ3v) is 26.8. The second-order valence-electron chi connectivity index (χ2n) is 33.3. The van der Waals surface area contributed by atoms with Gasteiger partial charge in [0.1, 0.15) is 17.3 Å². The number of ether oxygens (including phenoxy) is 6. The number of methoxy groups -OCH3 is 2. The number of rotatable bonds is 25. The third-order valence-electron chi connectivity index (χ3n) is 26.5. The normalized spacial score (nSPS) is 23.3. The van der Waals surface area contributed by atoms with Crippen LogP contribution in [0.4, 0.5) is 32.8 Å². The average Bonchev–Trinajstić information content (AvgIpc) is 1.32. The van der Waals surface area contributed by atoms with Crippen molar-refractivity contribution >= 4 is 64.9 Å². The molecule has 6 saturated carbocycles. The molecule has 574 valence electrons. The van der Waals surface area contributed by atoms with E-state index in [4.69, 9.17) is 56.8 Å². The number of carbonyl (C=O) groups excluding carboxylic acids is 2. The molecule has 4 unspecified atom stereocenters. The molecular weight excluding hydrogens is 1350 g/mol. The van der Waals surface area contributed by atoms with E-state index in [-0.39, 0.29) is 11.9 Å². The molecule has 4 heterocycles. The predicted octanol–water partition coefficient (Wildman–Crippen LogP) is 19.4. The molecule has 17 nitrogen and oxygen atoms in total. The molecule has 10 fully saturated rings. The summed E-state index contributed by atoms with van der Waals surface area (Å²) in [5.41, 5.74) is 9.11. The molecule has 2 N–H and O–H groups in total. The van der Waals surface area contributed by atoms with Crippen LogP contribution in [-0.2, 0) is 28.7 Å². The van der Waals surface area contributed by atoms with Crippen LogP contribution in [0.2, 0.25) is 5.02 Å². The molecule has 0 radical (unpaired) electrons. The van der Waals surface area contributed by atoms with Gasteiger partial charge >= 0.3 is 11.9 Å². The SMILES string of the molecule is COc1cc(F)c(N2CCC3(CCC(CCOC=O)C3)CC2)cc1OC1CCC1.Cc1ccc(Cl)c(N2CCC3(CCC(CCCC(=O)O)C3)CC2)c1.Cc1ccc(OC2CCC2)c(N2CCC3(CCC(CCC(=O)O)C3)CC2)c1.[C-]#[N+]c1ccc(OC)cc1N1CCC2(CCC(CCOC=O)C2)CC1. The van der Waals surface area contributed by atoms with Crippen LogP contribution in [0.1, 0.15) is 223 Å². The Kier molecular flexibility index (Phi) is 27.9. The smallest absolute Gasteiger partial charge is 0.303 e. The fraction of sp³-hybridized carbons (Fsp3) is 0.663. The van der Waals surface area contributed by atoms with Gasteiger partial charge in [-0.05, 0) is 306 Å². The van der Waals surface area contributed by atoms with E-state index < -0.39 is 11.9 Å². The van der Waals surface area contributed by atoms with E-state index in [1.807, 2.05) is 30.3 Å². The van der Waals surface area contributed by atoms with Crippen molar-refractivity contribution in [2.24, 2.45) is 45.3 Å². The van der Waals surface area contributed by atoms with Gasteiger partial charge in [-0.2, -0.15) is 0 Å². The Bertz CT molecular complexity index is 3550. The first-order chi connectivity index (χ1) is 50.8. The van der Waals surface area contributed by atoms with Gasteiger partial charge in [0, 0.05) is 83.0 Å². The first-order valence-corrected chi connectivity index (χ1v) is 40.4. The van der Waals surface area contributed by atoms with Crippen molar-refractivity contribution < 1.29 is 62.2 Å². The summed E-state index contributed by atoms with van der Waals surface area (Å²) in [5, 5.41) is 18.6. The van der Waals surface area contributed by atoms with E-state index in [0.717, 1.165) is 138 Å². The third kappa shape index (κ3) is 21.2. The number of benzene rings is 4. The Morgan fingerprint density at radius 3 is 1.39 bits per heavy atom. The molecule has 4 spiro atoms. The Hall–Kier alpha value is -7.13. The summed E-state index contributed by atoms with van der Waals surface area (Å²) in [7, 11) is 3.22. The lowest BCUT2D eigenvalue weighted by Gasteiger charge is -2.41. The van der Waals surface area contributed by atoms with Crippen LogP contribution in [-0.4, -0.2) is 127 Å². The number of hydrogen-bond acceptors (Lipinski definition) is 14. The van der Waals surface area contributed by atoms with E-state index in [1.54, 1.807) is 14.2 Å². The number of carboxylic acid groups (broad SMARTS) is 2. The van der Waals surface area contributed by atoms with Crippen molar-refractivity contribution in [2.45, 2.75) is 238 Å². The maximum Gasteiger partial charge on any atom is 0.303 e. The van der Waals surface area contributed by atoms with E-state index in [2.05, 4.69) is 68.6 Å². The van der Waals surface area contributed by atoms with Gasteiger partial charge in [0.15, 0.2) is 11.5 Å². The van der Waals surface area contributed by atoms with Gasteiger partial charge in [0.05, 0.1) is 68.3 Å². The summed E-state index contributed by atoms with van der Waals surface area (Å²) in [6, 6.07) is 21.9. The molecule has 6 aliphatic carbocycles. The Morgan fingerprint density at radius 1 is 0.505 bits per heavy atom. The van der Waals surface area contributed by atoms with Gasteiger partial charge in [-0.15, -0.1) is 0 Å². The van der Waals surface area contributed by atoms with Crippen molar-refractivity contribution in [3.63, 3.8) is 0 Å². The minimum atomic E-state index is -0.661. The minimum Gasteiger partial charge on any atom is -0.497 e. The molecule has 0 amide bonds. The second kappa shape index (κ2) is 37.1. The highest BCUT2D eigenvalue weighted by Gasteiger charge is 2.46. The zero-order chi connectivity index (χ0) is 74.0. The topological polar surface area (TPSA) is 181 Å². The lowest BCUT2D eigenvalue weighted by Crippen LogP contribution is -2.39. The highest BCUT2D eigenvalue weighted by atomic mass is 35.5. The van der Waals surface area contributed by atoms with Gasteiger partial charge in [-0.3, -0.25) is 19.2 Å². The Labute approximate surface area is 629 Å². The summed E-state index contributed by atoms with van der Waals surface area (Å²) in [4.78, 5) is 55.3. The maximum absolute atomic E-state index is 14.8.